The van der Waals surface area contributed by atoms with Crippen molar-refractivity contribution in [3.63, 3.8) is 0 Å². The van der Waals surface area contributed by atoms with E-state index in [1.54, 1.807) is 0 Å². The Balaban J connectivity index is 1.32. The van der Waals surface area contributed by atoms with Crippen LogP contribution in [-0.4, -0.2) is 14.5 Å². The zero-order valence-electron chi connectivity index (χ0n) is 25.7. The van der Waals surface area contributed by atoms with Gasteiger partial charge in [0.25, 0.3) is 0 Å². The van der Waals surface area contributed by atoms with Gasteiger partial charge in [0.05, 0.1) is 22.2 Å². The van der Waals surface area contributed by atoms with E-state index in [9.17, 15) is 0 Å². The Bertz CT molecular complexity index is 3120. The lowest BCUT2D eigenvalue weighted by atomic mass is 9.94. The van der Waals surface area contributed by atoms with E-state index in [0.717, 1.165) is 44.0 Å². The highest BCUT2D eigenvalue weighted by Gasteiger charge is 2.21. The van der Waals surface area contributed by atoms with Gasteiger partial charge in [-0.3, -0.25) is 4.57 Å². The molecule has 48 heavy (non-hydrogen) atoms. The molecule has 11 rings (SSSR count). The topological polar surface area (TPSA) is 30.7 Å². The van der Waals surface area contributed by atoms with Gasteiger partial charge in [-0.25, -0.2) is 9.97 Å². The van der Waals surface area contributed by atoms with Crippen molar-refractivity contribution < 1.29 is 0 Å². The predicted molar refractivity (Wildman–Crippen MR) is 205 cm³/mol. The summed E-state index contributed by atoms with van der Waals surface area (Å²) in [5.74, 6) is 0.675. The highest BCUT2D eigenvalue weighted by Crippen LogP contribution is 2.43. The maximum absolute atomic E-state index is 5.50. The summed E-state index contributed by atoms with van der Waals surface area (Å²) in [5, 5.41) is 13.3. The van der Waals surface area contributed by atoms with Crippen LogP contribution in [0.25, 0.3) is 102 Å². The Labute approximate surface area is 278 Å². The molecule has 0 aliphatic heterocycles. The fourth-order valence-corrected chi connectivity index (χ4v) is 9.01. The fraction of sp³-hybridized carbons (Fsp3) is 0. The van der Waals surface area contributed by atoms with Crippen LogP contribution in [-0.2, 0) is 0 Å². The van der Waals surface area contributed by atoms with Gasteiger partial charge in [-0.15, -0.1) is 11.3 Å². The van der Waals surface area contributed by atoms with Crippen LogP contribution < -0.4 is 0 Å². The average molecular weight is 628 g/mol. The third-order valence-electron chi connectivity index (χ3n) is 9.96. The molecule has 0 aliphatic rings. The summed E-state index contributed by atoms with van der Waals surface area (Å²) < 4.78 is 4.91. The van der Waals surface area contributed by atoms with Crippen LogP contribution in [0.2, 0.25) is 0 Å². The number of fused-ring (bicyclic) bond motifs is 14. The van der Waals surface area contributed by atoms with Gasteiger partial charge >= 0.3 is 0 Å². The molecule has 8 aromatic carbocycles. The van der Waals surface area contributed by atoms with Gasteiger partial charge in [-0.1, -0.05) is 121 Å². The molecule has 0 saturated heterocycles. The third-order valence-corrected chi connectivity index (χ3v) is 11.1. The number of thiophene rings is 1. The summed E-state index contributed by atoms with van der Waals surface area (Å²) in [6.07, 6.45) is 0. The first-order valence-electron chi connectivity index (χ1n) is 16.3. The van der Waals surface area contributed by atoms with E-state index in [1.807, 2.05) is 11.3 Å². The molecule has 3 aromatic heterocycles. The number of hydrogen-bond donors (Lipinski definition) is 0. The van der Waals surface area contributed by atoms with E-state index in [1.165, 1.54) is 52.5 Å². The summed E-state index contributed by atoms with van der Waals surface area (Å²) in [6.45, 7) is 0. The zero-order valence-corrected chi connectivity index (χ0v) is 26.5. The standard InChI is InChI=1S/C44H25N3S/c1-2-12-26(13-3-1)42-41-31-17-6-4-14-28(31)29-15-5-7-18-32(29)43(41)46-44(45-42)47-36-20-10-8-16-30(36)35-25-34-27(24-37(35)47)22-23-39-40(34)33-19-9-11-21-38(33)48-39/h1-25H. The lowest BCUT2D eigenvalue weighted by Crippen LogP contribution is -2.04. The Kier molecular flexibility index (Phi) is 5.26. The molecule has 0 saturated carbocycles. The SMILES string of the molecule is c1ccc(-c2nc(-n3c4ccccc4c4cc5c(ccc6sc7ccccc7c65)cc43)nc3c4ccccc4c4ccccc4c23)cc1. The van der Waals surface area contributed by atoms with E-state index < -0.39 is 0 Å². The van der Waals surface area contributed by atoms with Crippen molar-refractivity contribution in [3.8, 4) is 17.2 Å². The van der Waals surface area contributed by atoms with Crippen LogP contribution in [0, 0.1) is 0 Å². The predicted octanol–water partition coefficient (Wildman–Crippen LogP) is 12.2. The summed E-state index contributed by atoms with van der Waals surface area (Å²) in [4.78, 5) is 11.0. The van der Waals surface area contributed by atoms with Crippen molar-refractivity contribution in [2.75, 3.05) is 0 Å². The van der Waals surface area contributed by atoms with Crippen LogP contribution in [0.1, 0.15) is 0 Å². The lowest BCUT2D eigenvalue weighted by Gasteiger charge is -2.16. The normalized spacial score (nSPS) is 12.2. The van der Waals surface area contributed by atoms with E-state index in [2.05, 4.69) is 156 Å². The molecule has 0 amide bonds. The van der Waals surface area contributed by atoms with Crippen molar-refractivity contribution in [1.82, 2.24) is 14.5 Å². The van der Waals surface area contributed by atoms with Gasteiger partial charge in [0.1, 0.15) is 0 Å². The quantitative estimate of drug-likeness (QED) is 0.179. The minimum Gasteiger partial charge on any atom is -0.278 e. The smallest absolute Gasteiger partial charge is 0.235 e. The van der Waals surface area contributed by atoms with Crippen LogP contribution in [0.4, 0.5) is 0 Å². The van der Waals surface area contributed by atoms with Crippen LogP contribution in [0.15, 0.2) is 152 Å². The molecule has 0 fully saturated rings. The van der Waals surface area contributed by atoms with E-state index in [-0.39, 0.29) is 0 Å². The maximum atomic E-state index is 5.50. The van der Waals surface area contributed by atoms with Gasteiger partial charge in [-0.2, -0.15) is 0 Å². The van der Waals surface area contributed by atoms with Gasteiger partial charge in [0.15, 0.2) is 0 Å². The summed E-state index contributed by atoms with van der Waals surface area (Å²) >= 11 is 1.86. The molecule has 4 heteroatoms. The Hall–Kier alpha value is -6.10. The number of hydrogen-bond acceptors (Lipinski definition) is 3. The molecule has 11 aromatic rings. The zero-order chi connectivity index (χ0) is 31.3. The molecule has 222 valence electrons. The third kappa shape index (κ3) is 3.52. The van der Waals surface area contributed by atoms with Crippen molar-refractivity contribution in [2.24, 2.45) is 0 Å². The monoisotopic (exact) mass is 627 g/mol. The van der Waals surface area contributed by atoms with Gasteiger partial charge in [0, 0.05) is 47.3 Å². The lowest BCUT2D eigenvalue weighted by molar-refractivity contribution is 1.02. The number of rotatable bonds is 2. The first-order chi connectivity index (χ1) is 23.8. The van der Waals surface area contributed by atoms with E-state index >= 15 is 0 Å². The highest BCUT2D eigenvalue weighted by atomic mass is 32.1. The van der Waals surface area contributed by atoms with Crippen molar-refractivity contribution in [2.45, 2.75) is 0 Å². The second-order valence-electron chi connectivity index (χ2n) is 12.5. The van der Waals surface area contributed by atoms with Crippen molar-refractivity contribution in [1.29, 1.82) is 0 Å². The van der Waals surface area contributed by atoms with Crippen molar-refractivity contribution in [3.05, 3.63) is 152 Å². The number of nitrogens with zero attached hydrogens (tertiary/aromatic N) is 3. The number of para-hydroxylation sites is 1. The molecule has 0 radical (unpaired) electrons. The summed E-state index contributed by atoms with van der Waals surface area (Å²) in [5.41, 5.74) is 5.18. The molecule has 0 atom stereocenters. The average Bonchev–Trinajstić information content (AvgIpc) is 3.69. The van der Waals surface area contributed by atoms with Gasteiger partial charge in [0.2, 0.25) is 5.95 Å². The van der Waals surface area contributed by atoms with E-state index in [4.69, 9.17) is 9.97 Å². The first kappa shape index (κ1) is 26.0. The van der Waals surface area contributed by atoms with E-state index in [0.29, 0.717) is 5.95 Å². The number of benzene rings is 8. The molecular weight excluding hydrogens is 603 g/mol. The molecule has 0 N–H and O–H groups in total. The van der Waals surface area contributed by atoms with Crippen molar-refractivity contribution >= 4 is 96.5 Å². The second kappa shape index (κ2) is 9.71. The largest absolute Gasteiger partial charge is 0.278 e. The first-order valence-corrected chi connectivity index (χ1v) is 17.1. The van der Waals surface area contributed by atoms with Crippen LogP contribution >= 0.6 is 11.3 Å². The summed E-state index contributed by atoms with van der Waals surface area (Å²) in [6, 6.07) is 54.6. The minimum absolute atomic E-state index is 0.675. The molecule has 0 aliphatic carbocycles. The summed E-state index contributed by atoms with van der Waals surface area (Å²) in [7, 11) is 0. The second-order valence-corrected chi connectivity index (χ2v) is 13.6. The fourth-order valence-electron chi connectivity index (χ4n) is 7.89. The highest BCUT2D eigenvalue weighted by molar-refractivity contribution is 7.26. The molecule has 3 nitrogen and oxygen atoms in total. The Morgan fingerprint density at radius 3 is 1.92 bits per heavy atom. The van der Waals surface area contributed by atoms with Crippen LogP contribution in [0.3, 0.4) is 0 Å². The molecule has 0 bridgehead atoms. The van der Waals surface area contributed by atoms with Gasteiger partial charge < -0.3 is 0 Å². The molecule has 0 unspecified atom stereocenters. The van der Waals surface area contributed by atoms with Gasteiger partial charge in [-0.05, 0) is 57.3 Å². The number of aromatic nitrogens is 3. The molecular formula is C44H25N3S. The molecule has 3 heterocycles. The Morgan fingerprint density at radius 2 is 1.08 bits per heavy atom. The minimum atomic E-state index is 0.675. The van der Waals surface area contributed by atoms with Crippen LogP contribution in [0.5, 0.6) is 0 Å². The molecule has 0 spiro atoms. The maximum Gasteiger partial charge on any atom is 0.235 e. The Morgan fingerprint density at radius 1 is 0.417 bits per heavy atom.